The Kier molecular flexibility index (Phi) is 7.64. The summed E-state index contributed by atoms with van der Waals surface area (Å²) in [6.45, 7) is 0. The van der Waals surface area contributed by atoms with E-state index in [2.05, 4.69) is 0 Å². The maximum absolute atomic E-state index is 11.5. The van der Waals surface area contributed by atoms with Crippen molar-refractivity contribution in [1.29, 1.82) is 0 Å². The molecule has 0 atom stereocenters. The van der Waals surface area contributed by atoms with Crippen molar-refractivity contribution in [3.8, 4) is 68.2 Å². The van der Waals surface area contributed by atoms with Gasteiger partial charge >= 0.3 is 0 Å². The Bertz CT molecular complexity index is 3200. The van der Waals surface area contributed by atoms with Crippen molar-refractivity contribution >= 4 is 53.9 Å². The summed E-state index contributed by atoms with van der Waals surface area (Å²) in [5.74, 6) is 3.31. The van der Waals surface area contributed by atoms with Gasteiger partial charge in [0, 0.05) is 27.3 Å². The third kappa shape index (κ3) is 5.51. The van der Waals surface area contributed by atoms with Crippen LogP contribution in [0.3, 0.4) is 0 Å². The minimum absolute atomic E-state index is 0.124. The topological polar surface area (TPSA) is 99.4 Å². The third-order valence-corrected chi connectivity index (χ3v) is 10.5. The van der Waals surface area contributed by atoms with Crippen LogP contribution in [0.5, 0.6) is 46.0 Å². The van der Waals surface area contributed by atoms with E-state index in [0.717, 1.165) is 65.0 Å². The van der Waals surface area contributed by atoms with E-state index >= 15 is 0 Å². The van der Waals surface area contributed by atoms with Crippen LogP contribution in [-0.2, 0) is 0 Å². The van der Waals surface area contributed by atoms with E-state index in [4.69, 9.17) is 9.47 Å². The van der Waals surface area contributed by atoms with Crippen LogP contribution in [-0.4, -0.2) is 20.4 Å². The van der Waals surface area contributed by atoms with Gasteiger partial charge in [-0.15, -0.1) is 0 Å². The summed E-state index contributed by atoms with van der Waals surface area (Å²) in [6, 6.07) is 52.7. The van der Waals surface area contributed by atoms with Gasteiger partial charge in [-0.05, 0) is 134 Å². The van der Waals surface area contributed by atoms with Crippen LogP contribution in [0.1, 0.15) is 0 Å². The Morgan fingerprint density at radius 1 is 0.304 bits per heavy atom. The maximum atomic E-state index is 11.5. The lowest BCUT2D eigenvalue weighted by atomic mass is 9.88. The summed E-state index contributed by atoms with van der Waals surface area (Å²) in [5.41, 5.74) is 2.97. The fourth-order valence-electron chi connectivity index (χ4n) is 7.99. The van der Waals surface area contributed by atoms with E-state index in [1.807, 2.05) is 133 Å². The number of ether oxygens (including phenoxy) is 2. The highest BCUT2D eigenvalue weighted by molar-refractivity contribution is 6.14. The van der Waals surface area contributed by atoms with Crippen LogP contribution in [0.2, 0.25) is 0 Å². The van der Waals surface area contributed by atoms with Crippen molar-refractivity contribution in [3.05, 3.63) is 170 Å². The number of phenols is 4. The van der Waals surface area contributed by atoms with Crippen molar-refractivity contribution in [2.24, 2.45) is 0 Å². The number of benzene rings is 10. The molecule has 4 N–H and O–H groups in total. The van der Waals surface area contributed by atoms with Gasteiger partial charge in [0.1, 0.15) is 46.0 Å². The molecule has 56 heavy (non-hydrogen) atoms. The molecular weight excluding hydrogens is 697 g/mol. The van der Waals surface area contributed by atoms with Crippen LogP contribution in [0.15, 0.2) is 170 Å². The Balaban J connectivity index is 1.04. The molecule has 0 radical (unpaired) electrons. The minimum Gasteiger partial charge on any atom is -0.508 e. The monoisotopic (exact) mass is 728 g/mol. The first-order chi connectivity index (χ1) is 27.4. The predicted octanol–water partition coefficient (Wildman–Crippen LogP) is 13.2. The van der Waals surface area contributed by atoms with Gasteiger partial charge in [-0.2, -0.15) is 0 Å². The summed E-state index contributed by atoms with van der Waals surface area (Å²) in [4.78, 5) is 0. The molecule has 0 amide bonds. The standard InChI is InChI=1S/C50H32O6/c51-32-16-19-35-29(26-32)6-1-9-40(35)49-41-10-4-11-42(38(41)22-24-44(49)53)50-43-12-5-15-48(39(43)23-25-45(50)54)55-34-18-21-37-31(28-34)8-3-14-47(37)56-46-13-2-7-30-27-33(52)17-20-36(30)46/h1-28,51-54H. The Labute approximate surface area is 320 Å². The van der Waals surface area contributed by atoms with E-state index in [0.29, 0.717) is 34.1 Å². The Hall–Kier alpha value is -7.70. The number of fused-ring (bicyclic) bond motifs is 5. The molecular formula is C50H32O6. The van der Waals surface area contributed by atoms with E-state index in [1.54, 1.807) is 36.4 Å². The van der Waals surface area contributed by atoms with Gasteiger partial charge in [0.2, 0.25) is 0 Å². The average molecular weight is 729 g/mol. The second kappa shape index (κ2) is 13.0. The van der Waals surface area contributed by atoms with E-state index < -0.39 is 0 Å². The predicted molar refractivity (Wildman–Crippen MR) is 225 cm³/mol. The molecule has 10 aromatic carbocycles. The summed E-state index contributed by atoms with van der Waals surface area (Å²) in [7, 11) is 0. The molecule has 0 fully saturated rings. The van der Waals surface area contributed by atoms with Gasteiger partial charge in [0.15, 0.2) is 0 Å². The second-order valence-corrected chi connectivity index (χ2v) is 13.9. The number of aromatic hydroxyl groups is 4. The molecule has 0 unspecified atom stereocenters. The van der Waals surface area contributed by atoms with Crippen LogP contribution in [0.25, 0.3) is 76.1 Å². The van der Waals surface area contributed by atoms with Gasteiger partial charge in [0.25, 0.3) is 0 Å². The van der Waals surface area contributed by atoms with Crippen molar-refractivity contribution < 1.29 is 29.9 Å². The molecule has 0 aliphatic carbocycles. The lowest BCUT2D eigenvalue weighted by Gasteiger charge is -2.17. The molecule has 6 nitrogen and oxygen atoms in total. The van der Waals surface area contributed by atoms with Gasteiger partial charge in [-0.3, -0.25) is 0 Å². The SMILES string of the molecule is Oc1ccc2c(Oc3cccc4cc(Oc5cccc6c(-c7cccc8c(-c9cccc%10cc(O)ccc9%10)c(O)ccc78)c(O)ccc56)ccc34)cccc2c1. The Morgan fingerprint density at radius 2 is 0.750 bits per heavy atom. The number of hydrogen-bond acceptors (Lipinski definition) is 6. The first-order valence-electron chi connectivity index (χ1n) is 18.2. The summed E-state index contributed by atoms with van der Waals surface area (Å²) >= 11 is 0. The second-order valence-electron chi connectivity index (χ2n) is 13.9. The maximum Gasteiger partial charge on any atom is 0.135 e. The highest BCUT2D eigenvalue weighted by Crippen LogP contribution is 2.47. The number of phenolic OH excluding ortho intramolecular Hbond substituents is 4. The van der Waals surface area contributed by atoms with Crippen molar-refractivity contribution in [2.75, 3.05) is 0 Å². The average Bonchev–Trinajstić information content (AvgIpc) is 3.20. The summed E-state index contributed by atoms with van der Waals surface area (Å²) in [5, 5.41) is 51.6. The first kappa shape index (κ1) is 32.9. The van der Waals surface area contributed by atoms with Crippen LogP contribution in [0, 0.1) is 0 Å². The van der Waals surface area contributed by atoms with Crippen molar-refractivity contribution in [1.82, 2.24) is 0 Å². The molecule has 10 rings (SSSR count). The van der Waals surface area contributed by atoms with Crippen LogP contribution >= 0.6 is 0 Å². The normalized spacial score (nSPS) is 11.5. The molecule has 0 heterocycles. The van der Waals surface area contributed by atoms with Gasteiger partial charge < -0.3 is 29.9 Å². The highest BCUT2D eigenvalue weighted by atomic mass is 16.5. The molecule has 10 aromatic rings. The van der Waals surface area contributed by atoms with Gasteiger partial charge in [-0.1, -0.05) is 84.9 Å². The fourth-order valence-corrected chi connectivity index (χ4v) is 7.99. The lowest BCUT2D eigenvalue weighted by Crippen LogP contribution is -1.91. The summed E-state index contributed by atoms with van der Waals surface area (Å²) in [6.07, 6.45) is 0. The van der Waals surface area contributed by atoms with Crippen molar-refractivity contribution in [2.45, 2.75) is 0 Å². The highest BCUT2D eigenvalue weighted by Gasteiger charge is 2.19. The Morgan fingerprint density at radius 3 is 1.41 bits per heavy atom. The smallest absolute Gasteiger partial charge is 0.135 e. The molecule has 0 saturated heterocycles. The number of rotatable bonds is 6. The molecule has 0 bridgehead atoms. The van der Waals surface area contributed by atoms with E-state index in [9.17, 15) is 20.4 Å². The number of hydrogen-bond donors (Lipinski definition) is 4. The first-order valence-corrected chi connectivity index (χ1v) is 18.2. The van der Waals surface area contributed by atoms with Gasteiger partial charge in [-0.25, -0.2) is 0 Å². The largest absolute Gasteiger partial charge is 0.508 e. The third-order valence-electron chi connectivity index (χ3n) is 10.5. The minimum atomic E-state index is 0.124. The summed E-state index contributed by atoms with van der Waals surface area (Å²) < 4.78 is 13.0. The van der Waals surface area contributed by atoms with E-state index in [1.165, 1.54) is 0 Å². The van der Waals surface area contributed by atoms with E-state index in [-0.39, 0.29) is 23.0 Å². The zero-order valence-corrected chi connectivity index (χ0v) is 29.8. The molecule has 268 valence electrons. The van der Waals surface area contributed by atoms with Crippen LogP contribution in [0.4, 0.5) is 0 Å². The molecule has 0 aliphatic rings. The van der Waals surface area contributed by atoms with Gasteiger partial charge in [0.05, 0.1) is 0 Å². The molecule has 0 saturated carbocycles. The van der Waals surface area contributed by atoms with Crippen LogP contribution < -0.4 is 9.47 Å². The van der Waals surface area contributed by atoms with Crippen molar-refractivity contribution in [3.63, 3.8) is 0 Å². The zero-order valence-electron chi connectivity index (χ0n) is 29.8. The zero-order chi connectivity index (χ0) is 37.9. The molecule has 0 spiro atoms. The molecule has 6 heteroatoms. The fraction of sp³-hybridized carbons (Fsp3) is 0. The lowest BCUT2D eigenvalue weighted by molar-refractivity contribution is 0.475. The quantitative estimate of drug-likeness (QED) is 0.136. The molecule has 0 aromatic heterocycles. The molecule has 0 aliphatic heterocycles.